The molecule has 3 rings (SSSR count). The number of nitrogens with one attached hydrogen (secondary N) is 1. The number of rotatable bonds is 5. The molecule has 1 saturated heterocycles. The second-order valence-corrected chi connectivity index (χ2v) is 6.56. The van der Waals surface area contributed by atoms with Crippen molar-refractivity contribution in [3.05, 3.63) is 52.7 Å². The number of carbonyl (C=O) groups excluding carboxylic acids is 2. The highest BCUT2D eigenvalue weighted by atomic mass is 35.5. The standard InChI is InChI=1S/C19H20ClN3O3/c1-13-6-7-14(11-16(13)20)22-17(24)12-26-19(25)15-5-4-8-21-18(15)23-9-2-3-10-23/h4-8,11H,2-3,9-10,12H2,1H3,(H,22,24). The molecule has 26 heavy (non-hydrogen) atoms. The topological polar surface area (TPSA) is 71.5 Å². The molecule has 1 amide bonds. The number of hydrogen-bond acceptors (Lipinski definition) is 5. The third-order valence-electron chi connectivity index (χ3n) is 4.20. The fraction of sp³-hybridized carbons (Fsp3) is 0.316. The largest absolute Gasteiger partial charge is 0.452 e. The molecule has 0 unspecified atom stereocenters. The number of esters is 1. The Bertz CT molecular complexity index is 819. The van der Waals surface area contributed by atoms with E-state index in [0.29, 0.717) is 22.1 Å². The molecule has 0 saturated carbocycles. The maximum absolute atomic E-state index is 12.4. The fourth-order valence-electron chi connectivity index (χ4n) is 2.81. The molecule has 2 aromatic rings. The average molecular weight is 374 g/mol. The van der Waals surface area contributed by atoms with E-state index < -0.39 is 11.9 Å². The summed E-state index contributed by atoms with van der Waals surface area (Å²) in [7, 11) is 0. The summed E-state index contributed by atoms with van der Waals surface area (Å²) < 4.78 is 5.17. The van der Waals surface area contributed by atoms with Gasteiger partial charge in [-0.3, -0.25) is 4.79 Å². The molecule has 136 valence electrons. The molecule has 1 aliphatic heterocycles. The Labute approximate surface area is 157 Å². The maximum Gasteiger partial charge on any atom is 0.342 e. The van der Waals surface area contributed by atoms with Crippen molar-refractivity contribution >= 4 is 35.0 Å². The van der Waals surface area contributed by atoms with Crippen LogP contribution in [0.25, 0.3) is 0 Å². The molecular weight excluding hydrogens is 354 g/mol. The van der Waals surface area contributed by atoms with Gasteiger partial charge in [-0.1, -0.05) is 17.7 Å². The van der Waals surface area contributed by atoms with Crippen molar-refractivity contribution in [1.29, 1.82) is 0 Å². The van der Waals surface area contributed by atoms with Crippen LogP contribution in [0.15, 0.2) is 36.5 Å². The van der Waals surface area contributed by atoms with Gasteiger partial charge in [-0.05, 0) is 49.6 Å². The number of nitrogens with zero attached hydrogens (tertiary/aromatic N) is 2. The molecule has 1 aromatic heterocycles. The zero-order valence-electron chi connectivity index (χ0n) is 14.5. The van der Waals surface area contributed by atoms with Crippen molar-refractivity contribution < 1.29 is 14.3 Å². The summed E-state index contributed by atoms with van der Waals surface area (Å²) in [6.07, 6.45) is 3.80. The van der Waals surface area contributed by atoms with Crippen molar-refractivity contribution in [2.45, 2.75) is 19.8 Å². The number of aromatic nitrogens is 1. The molecule has 2 heterocycles. The summed E-state index contributed by atoms with van der Waals surface area (Å²) in [5.41, 5.74) is 1.85. The van der Waals surface area contributed by atoms with E-state index in [4.69, 9.17) is 16.3 Å². The molecule has 0 spiro atoms. The first-order valence-electron chi connectivity index (χ1n) is 8.47. The lowest BCUT2D eigenvalue weighted by molar-refractivity contribution is -0.119. The van der Waals surface area contributed by atoms with Crippen LogP contribution in [0.4, 0.5) is 11.5 Å². The Morgan fingerprint density at radius 1 is 1.27 bits per heavy atom. The molecule has 0 bridgehead atoms. The minimum atomic E-state index is -0.558. The molecule has 0 radical (unpaired) electrons. The SMILES string of the molecule is Cc1ccc(NC(=O)COC(=O)c2cccnc2N2CCCC2)cc1Cl. The van der Waals surface area contributed by atoms with Gasteiger partial charge in [0, 0.05) is 30.0 Å². The fourth-order valence-corrected chi connectivity index (χ4v) is 2.99. The molecule has 1 aromatic carbocycles. The van der Waals surface area contributed by atoms with Gasteiger partial charge in [0.15, 0.2) is 6.61 Å². The predicted octanol–water partition coefficient (Wildman–Crippen LogP) is 3.44. The van der Waals surface area contributed by atoms with Gasteiger partial charge in [-0.15, -0.1) is 0 Å². The van der Waals surface area contributed by atoms with Crippen LogP contribution in [0, 0.1) is 6.92 Å². The Balaban J connectivity index is 1.60. The number of amides is 1. The zero-order chi connectivity index (χ0) is 18.5. The number of halogens is 1. The average Bonchev–Trinajstić information content (AvgIpc) is 3.17. The van der Waals surface area contributed by atoms with Crippen LogP contribution in [-0.2, 0) is 9.53 Å². The van der Waals surface area contributed by atoms with E-state index >= 15 is 0 Å². The van der Waals surface area contributed by atoms with Crippen LogP contribution < -0.4 is 10.2 Å². The van der Waals surface area contributed by atoms with E-state index in [0.717, 1.165) is 31.5 Å². The normalized spacial score (nSPS) is 13.5. The minimum absolute atomic E-state index is 0.376. The Morgan fingerprint density at radius 2 is 2.04 bits per heavy atom. The van der Waals surface area contributed by atoms with E-state index in [1.54, 1.807) is 30.5 Å². The van der Waals surface area contributed by atoms with E-state index in [1.807, 2.05) is 13.0 Å². The maximum atomic E-state index is 12.4. The van der Waals surface area contributed by atoms with Gasteiger partial charge in [0.05, 0.1) is 0 Å². The molecule has 1 fully saturated rings. The van der Waals surface area contributed by atoms with E-state index in [2.05, 4.69) is 15.2 Å². The van der Waals surface area contributed by atoms with Crippen molar-refractivity contribution in [2.75, 3.05) is 29.9 Å². The van der Waals surface area contributed by atoms with Crippen molar-refractivity contribution in [1.82, 2.24) is 4.98 Å². The minimum Gasteiger partial charge on any atom is -0.452 e. The first-order valence-corrected chi connectivity index (χ1v) is 8.85. The van der Waals surface area contributed by atoms with Gasteiger partial charge in [0.2, 0.25) is 0 Å². The van der Waals surface area contributed by atoms with Gasteiger partial charge in [-0.25, -0.2) is 9.78 Å². The molecule has 1 aliphatic rings. The van der Waals surface area contributed by atoms with Crippen LogP contribution in [0.5, 0.6) is 0 Å². The smallest absolute Gasteiger partial charge is 0.342 e. The van der Waals surface area contributed by atoms with Gasteiger partial charge < -0.3 is 15.0 Å². The van der Waals surface area contributed by atoms with Crippen LogP contribution in [0.1, 0.15) is 28.8 Å². The van der Waals surface area contributed by atoms with Crippen LogP contribution in [-0.4, -0.2) is 36.6 Å². The van der Waals surface area contributed by atoms with Crippen LogP contribution in [0.2, 0.25) is 5.02 Å². The highest BCUT2D eigenvalue weighted by molar-refractivity contribution is 6.31. The third kappa shape index (κ3) is 4.32. The van der Waals surface area contributed by atoms with Gasteiger partial charge in [-0.2, -0.15) is 0 Å². The summed E-state index contributed by atoms with van der Waals surface area (Å²) in [6, 6.07) is 8.56. The number of benzene rings is 1. The monoisotopic (exact) mass is 373 g/mol. The Hall–Kier alpha value is -2.60. The van der Waals surface area contributed by atoms with Gasteiger partial charge >= 0.3 is 5.97 Å². The summed E-state index contributed by atoms with van der Waals surface area (Å²) >= 11 is 6.04. The molecular formula is C19H20ClN3O3. The Kier molecular flexibility index (Phi) is 5.73. The number of anilines is 2. The molecule has 0 atom stereocenters. The number of ether oxygens (including phenoxy) is 1. The van der Waals surface area contributed by atoms with E-state index in [9.17, 15) is 9.59 Å². The number of pyridine rings is 1. The summed E-state index contributed by atoms with van der Waals surface area (Å²) in [4.78, 5) is 30.8. The van der Waals surface area contributed by atoms with Crippen molar-refractivity contribution in [3.8, 4) is 0 Å². The predicted molar refractivity (Wildman–Crippen MR) is 101 cm³/mol. The Morgan fingerprint density at radius 3 is 2.77 bits per heavy atom. The van der Waals surface area contributed by atoms with Gasteiger partial charge in [0.25, 0.3) is 5.91 Å². The van der Waals surface area contributed by atoms with Gasteiger partial charge in [0.1, 0.15) is 11.4 Å². The molecule has 0 aliphatic carbocycles. The zero-order valence-corrected chi connectivity index (χ0v) is 15.3. The summed E-state index contributed by atoms with van der Waals surface area (Å²) in [6.45, 7) is 3.23. The van der Waals surface area contributed by atoms with E-state index in [-0.39, 0.29) is 6.61 Å². The first kappa shape index (κ1) is 18.2. The van der Waals surface area contributed by atoms with Crippen molar-refractivity contribution in [2.24, 2.45) is 0 Å². The molecule has 7 heteroatoms. The highest BCUT2D eigenvalue weighted by Crippen LogP contribution is 2.23. The third-order valence-corrected chi connectivity index (χ3v) is 4.61. The summed E-state index contributed by atoms with van der Waals surface area (Å²) in [5, 5.41) is 3.22. The molecule has 1 N–H and O–H groups in total. The lowest BCUT2D eigenvalue weighted by atomic mass is 10.2. The second-order valence-electron chi connectivity index (χ2n) is 6.16. The van der Waals surface area contributed by atoms with E-state index in [1.165, 1.54) is 0 Å². The van der Waals surface area contributed by atoms with Crippen molar-refractivity contribution in [3.63, 3.8) is 0 Å². The quantitative estimate of drug-likeness (QED) is 0.813. The number of carbonyl (C=O) groups is 2. The number of aryl methyl sites for hydroxylation is 1. The lowest BCUT2D eigenvalue weighted by Crippen LogP contribution is -2.24. The first-order chi connectivity index (χ1) is 12.5. The lowest BCUT2D eigenvalue weighted by Gasteiger charge is -2.18. The summed E-state index contributed by atoms with van der Waals surface area (Å²) in [5.74, 6) is -0.373. The molecule has 6 nitrogen and oxygen atoms in total. The number of hydrogen-bond donors (Lipinski definition) is 1. The second kappa shape index (κ2) is 8.19. The highest BCUT2D eigenvalue weighted by Gasteiger charge is 2.22. The van der Waals surface area contributed by atoms with Crippen LogP contribution >= 0.6 is 11.6 Å². The van der Waals surface area contributed by atoms with Crippen LogP contribution in [0.3, 0.4) is 0 Å².